The van der Waals surface area contributed by atoms with E-state index in [-0.39, 0.29) is 5.56 Å². The molecule has 0 saturated heterocycles. The predicted molar refractivity (Wildman–Crippen MR) is 44.7 cm³/mol. The highest BCUT2D eigenvalue weighted by Gasteiger charge is 2.03. The molecule has 3 N–H and O–H groups in total. The zero-order valence-corrected chi connectivity index (χ0v) is 6.31. The van der Waals surface area contributed by atoms with Crippen LogP contribution in [0, 0.1) is 0 Å². The minimum Gasteiger partial charge on any atom is -0.382 e. The molecule has 2 rings (SSSR count). The lowest BCUT2D eigenvalue weighted by Crippen LogP contribution is -2.01. The first-order valence-corrected chi connectivity index (χ1v) is 3.79. The average Bonchev–Trinajstić information content (AvgIpc) is 2.35. The van der Waals surface area contributed by atoms with Crippen LogP contribution in [0.4, 0.5) is 5.82 Å². The summed E-state index contributed by atoms with van der Waals surface area (Å²) in [7, 11) is 0. The van der Waals surface area contributed by atoms with Gasteiger partial charge in [0.2, 0.25) is 0 Å². The lowest BCUT2D eigenvalue weighted by molar-refractivity contribution is 1.29. The molecule has 5 heteroatoms. The number of hydrogen-bond donors (Lipinski definition) is 2. The van der Waals surface area contributed by atoms with Gasteiger partial charge in [0.25, 0.3) is 5.56 Å². The predicted octanol–water partition coefficient (Wildman–Crippen LogP) is 0.567. The first-order valence-electron chi connectivity index (χ1n) is 3.01. The standard InChI is InChI=1S/C6H5N3OS/c7-5-3-1-2-8-6(10)4(3)11-9-5/h1-2H,(H2,7,9)(H,8,10). The molecule has 2 aromatic rings. The molecule has 0 radical (unpaired) electrons. The molecular weight excluding hydrogens is 162 g/mol. The van der Waals surface area contributed by atoms with Gasteiger partial charge in [0.1, 0.15) is 10.5 Å². The Kier molecular flexibility index (Phi) is 1.19. The summed E-state index contributed by atoms with van der Waals surface area (Å²) in [4.78, 5) is 13.6. The summed E-state index contributed by atoms with van der Waals surface area (Å²) in [5, 5.41) is 0.735. The van der Waals surface area contributed by atoms with Gasteiger partial charge in [0.05, 0.1) is 0 Å². The summed E-state index contributed by atoms with van der Waals surface area (Å²) in [6, 6.07) is 1.75. The number of nitrogens with zero attached hydrogens (tertiary/aromatic N) is 1. The maximum absolute atomic E-state index is 11.1. The molecule has 0 unspecified atom stereocenters. The van der Waals surface area contributed by atoms with E-state index >= 15 is 0 Å². The minimum atomic E-state index is -0.128. The van der Waals surface area contributed by atoms with Crippen LogP contribution in [0.3, 0.4) is 0 Å². The smallest absolute Gasteiger partial charge is 0.267 e. The number of fused-ring (bicyclic) bond motifs is 1. The first-order chi connectivity index (χ1) is 5.29. The van der Waals surface area contributed by atoms with Gasteiger partial charge in [-0.25, -0.2) is 0 Å². The highest BCUT2D eigenvalue weighted by atomic mass is 32.1. The lowest BCUT2D eigenvalue weighted by Gasteiger charge is -1.85. The van der Waals surface area contributed by atoms with Gasteiger partial charge in [0, 0.05) is 11.6 Å². The maximum atomic E-state index is 11.1. The Hall–Kier alpha value is -1.36. The molecule has 0 aliphatic heterocycles. The Morgan fingerprint density at radius 3 is 3.18 bits per heavy atom. The van der Waals surface area contributed by atoms with Crippen molar-refractivity contribution in [1.82, 2.24) is 9.36 Å². The van der Waals surface area contributed by atoms with Gasteiger partial charge in [-0.3, -0.25) is 4.79 Å². The van der Waals surface area contributed by atoms with Crippen molar-refractivity contribution < 1.29 is 0 Å². The molecule has 0 saturated carbocycles. The number of anilines is 1. The topological polar surface area (TPSA) is 71.8 Å². The van der Waals surface area contributed by atoms with Crippen LogP contribution in [-0.4, -0.2) is 9.36 Å². The van der Waals surface area contributed by atoms with Gasteiger partial charge >= 0.3 is 0 Å². The van der Waals surface area contributed by atoms with Crippen molar-refractivity contribution in [3.05, 3.63) is 22.6 Å². The quantitative estimate of drug-likeness (QED) is 0.602. The molecule has 0 spiro atoms. The van der Waals surface area contributed by atoms with Crippen LogP contribution >= 0.6 is 11.5 Å². The van der Waals surface area contributed by atoms with E-state index in [1.54, 1.807) is 12.3 Å². The van der Waals surface area contributed by atoms with E-state index in [1.807, 2.05) is 0 Å². The Balaban J connectivity index is 3.06. The van der Waals surface area contributed by atoms with Crippen LogP contribution in [0.2, 0.25) is 0 Å². The third kappa shape index (κ3) is 0.813. The number of aromatic nitrogens is 2. The number of nitrogens with one attached hydrogen (secondary N) is 1. The molecule has 2 heterocycles. The maximum Gasteiger partial charge on any atom is 0.267 e. The highest BCUT2D eigenvalue weighted by molar-refractivity contribution is 7.13. The van der Waals surface area contributed by atoms with E-state index in [0.717, 1.165) is 16.9 Å². The van der Waals surface area contributed by atoms with Crippen molar-refractivity contribution in [2.75, 3.05) is 5.73 Å². The molecule has 56 valence electrons. The third-order valence-electron chi connectivity index (χ3n) is 1.43. The molecule has 0 amide bonds. The summed E-state index contributed by atoms with van der Waals surface area (Å²) in [6.45, 7) is 0. The number of nitrogens with two attached hydrogens (primary N) is 1. The van der Waals surface area contributed by atoms with Gasteiger partial charge in [-0.1, -0.05) is 0 Å². The van der Waals surface area contributed by atoms with Crippen LogP contribution in [-0.2, 0) is 0 Å². The van der Waals surface area contributed by atoms with Gasteiger partial charge < -0.3 is 10.7 Å². The molecule has 0 bridgehead atoms. The number of nitrogen functional groups attached to an aromatic ring is 1. The fourth-order valence-corrected chi connectivity index (χ4v) is 1.60. The molecule has 0 aromatic carbocycles. The van der Waals surface area contributed by atoms with Crippen LogP contribution in [0.1, 0.15) is 0 Å². The summed E-state index contributed by atoms with van der Waals surface area (Å²) >= 11 is 1.12. The molecule has 0 aliphatic rings. The summed E-state index contributed by atoms with van der Waals surface area (Å²) in [6.07, 6.45) is 1.56. The second kappa shape index (κ2) is 2.06. The Morgan fingerprint density at radius 1 is 1.64 bits per heavy atom. The summed E-state index contributed by atoms with van der Waals surface area (Å²) in [5.74, 6) is 0.427. The normalized spacial score (nSPS) is 10.5. The van der Waals surface area contributed by atoms with Crippen molar-refractivity contribution in [1.29, 1.82) is 0 Å². The van der Waals surface area contributed by atoms with Crippen LogP contribution < -0.4 is 11.3 Å². The molecule has 4 nitrogen and oxygen atoms in total. The Morgan fingerprint density at radius 2 is 2.45 bits per heavy atom. The number of pyridine rings is 1. The van der Waals surface area contributed by atoms with Gasteiger partial charge in [-0.15, -0.1) is 0 Å². The number of rotatable bonds is 0. The van der Waals surface area contributed by atoms with E-state index in [0.29, 0.717) is 10.5 Å². The zero-order chi connectivity index (χ0) is 7.84. The van der Waals surface area contributed by atoms with E-state index in [2.05, 4.69) is 9.36 Å². The molecule has 11 heavy (non-hydrogen) atoms. The molecule has 0 atom stereocenters. The molecule has 2 aromatic heterocycles. The van der Waals surface area contributed by atoms with Crippen LogP contribution in [0.5, 0.6) is 0 Å². The fraction of sp³-hybridized carbons (Fsp3) is 0. The average molecular weight is 167 g/mol. The first kappa shape index (κ1) is 6.36. The Bertz CT molecular complexity index is 444. The number of hydrogen-bond acceptors (Lipinski definition) is 4. The summed E-state index contributed by atoms with van der Waals surface area (Å²) < 4.78 is 4.44. The fourth-order valence-electron chi connectivity index (χ4n) is 0.901. The number of H-pyrrole nitrogens is 1. The SMILES string of the molecule is Nc1nsc2c(=O)[nH]ccc12. The van der Waals surface area contributed by atoms with Crippen LogP contribution in [0.15, 0.2) is 17.1 Å². The molecule has 0 aliphatic carbocycles. The summed E-state index contributed by atoms with van der Waals surface area (Å²) in [5.41, 5.74) is 5.36. The monoisotopic (exact) mass is 167 g/mol. The Labute approximate surface area is 65.8 Å². The molecular formula is C6H5N3OS. The van der Waals surface area contributed by atoms with Crippen molar-refractivity contribution in [3.63, 3.8) is 0 Å². The zero-order valence-electron chi connectivity index (χ0n) is 5.50. The lowest BCUT2D eigenvalue weighted by atomic mass is 10.3. The van der Waals surface area contributed by atoms with Crippen molar-refractivity contribution in [2.45, 2.75) is 0 Å². The second-order valence-corrected chi connectivity index (χ2v) is 2.89. The van der Waals surface area contributed by atoms with Gasteiger partial charge in [0.15, 0.2) is 0 Å². The van der Waals surface area contributed by atoms with E-state index in [9.17, 15) is 4.79 Å². The minimum absolute atomic E-state index is 0.128. The molecule has 0 fully saturated rings. The number of aromatic amines is 1. The third-order valence-corrected chi connectivity index (χ3v) is 2.30. The van der Waals surface area contributed by atoms with E-state index in [4.69, 9.17) is 5.73 Å². The van der Waals surface area contributed by atoms with Crippen molar-refractivity contribution >= 4 is 27.4 Å². The van der Waals surface area contributed by atoms with Gasteiger partial charge in [-0.2, -0.15) is 4.37 Å². The second-order valence-electron chi connectivity index (χ2n) is 2.12. The largest absolute Gasteiger partial charge is 0.382 e. The van der Waals surface area contributed by atoms with Crippen molar-refractivity contribution in [2.24, 2.45) is 0 Å². The van der Waals surface area contributed by atoms with E-state index < -0.39 is 0 Å². The van der Waals surface area contributed by atoms with Crippen LogP contribution in [0.25, 0.3) is 10.1 Å². The van der Waals surface area contributed by atoms with Crippen molar-refractivity contribution in [3.8, 4) is 0 Å². The highest BCUT2D eigenvalue weighted by Crippen LogP contribution is 2.19. The van der Waals surface area contributed by atoms with E-state index in [1.165, 1.54) is 0 Å². The van der Waals surface area contributed by atoms with Gasteiger partial charge in [-0.05, 0) is 17.6 Å².